The van der Waals surface area contributed by atoms with Crippen molar-refractivity contribution in [3.8, 4) is 22.6 Å². The van der Waals surface area contributed by atoms with Crippen LogP contribution < -0.4 is 9.47 Å². The van der Waals surface area contributed by atoms with Gasteiger partial charge in [-0.3, -0.25) is 0 Å². The highest BCUT2D eigenvalue weighted by Gasteiger charge is 2.02. The summed E-state index contributed by atoms with van der Waals surface area (Å²) in [5.74, 6) is 1.94. The molecule has 0 aliphatic heterocycles. The summed E-state index contributed by atoms with van der Waals surface area (Å²) in [4.78, 5) is 0. The molecular formula is C29H45O2Si. The van der Waals surface area contributed by atoms with Crippen LogP contribution in [0.1, 0.15) is 77.6 Å². The van der Waals surface area contributed by atoms with Crippen LogP contribution in [0.4, 0.5) is 0 Å². The van der Waals surface area contributed by atoms with Gasteiger partial charge in [-0.1, -0.05) is 108 Å². The first-order valence-electron chi connectivity index (χ1n) is 12.9. The lowest BCUT2D eigenvalue weighted by Gasteiger charge is -2.09. The second-order valence-electron chi connectivity index (χ2n) is 9.24. The first kappa shape index (κ1) is 26.5. The van der Waals surface area contributed by atoms with E-state index in [1.165, 1.54) is 75.0 Å². The van der Waals surface area contributed by atoms with E-state index in [4.69, 9.17) is 9.47 Å². The van der Waals surface area contributed by atoms with Gasteiger partial charge < -0.3 is 9.47 Å². The van der Waals surface area contributed by atoms with E-state index in [9.17, 15) is 0 Å². The normalized spacial score (nSPS) is 11.1. The average Bonchev–Trinajstić information content (AvgIpc) is 2.81. The molecule has 0 amide bonds. The summed E-state index contributed by atoms with van der Waals surface area (Å²) in [6.45, 7) is 8.67. The number of unbranched alkanes of at least 4 members (excludes halogenated alkanes) is 9. The van der Waals surface area contributed by atoms with Crippen molar-refractivity contribution in [3.63, 3.8) is 0 Å². The van der Waals surface area contributed by atoms with Crippen LogP contribution in [-0.2, 0) is 0 Å². The van der Waals surface area contributed by atoms with E-state index < -0.39 is 0 Å². The van der Waals surface area contributed by atoms with Crippen LogP contribution in [0.3, 0.4) is 0 Å². The summed E-state index contributed by atoms with van der Waals surface area (Å²) in [6.07, 6.45) is 14.5. The second kappa shape index (κ2) is 16.8. The molecule has 1 radical (unpaired) electrons. The van der Waals surface area contributed by atoms with Gasteiger partial charge in [-0.2, -0.15) is 0 Å². The van der Waals surface area contributed by atoms with Crippen LogP contribution in [0.5, 0.6) is 11.5 Å². The molecule has 0 spiro atoms. The molecule has 0 aliphatic rings. The third-order valence-electron chi connectivity index (χ3n) is 5.90. The van der Waals surface area contributed by atoms with E-state index in [0.29, 0.717) is 0 Å². The minimum atomic E-state index is -0.0964. The van der Waals surface area contributed by atoms with E-state index >= 15 is 0 Å². The van der Waals surface area contributed by atoms with Gasteiger partial charge in [0, 0.05) is 8.80 Å². The summed E-state index contributed by atoms with van der Waals surface area (Å²) < 4.78 is 11.8. The smallest absolute Gasteiger partial charge is 0.119 e. The summed E-state index contributed by atoms with van der Waals surface area (Å²) in [5.41, 5.74) is 2.43. The van der Waals surface area contributed by atoms with Crippen molar-refractivity contribution in [1.82, 2.24) is 0 Å². The van der Waals surface area contributed by atoms with Crippen LogP contribution in [0.15, 0.2) is 48.5 Å². The minimum absolute atomic E-state index is 0.0964. The Morgan fingerprint density at radius 2 is 0.938 bits per heavy atom. The molecular weight excluding hydrogens is 408 g/mol. The molecule has 0 atom stereocenters. The van der Waals surface area contributed by atoms with Gasteiger partial charge >= 0.3 is 0 Å². The third kappa shape index (κ3) is 11.8. The number of rotatable bonds is 18. The lowest BCUT2D eigenvalue weighted by molar-refractivity contribution is 0.304. The minimum Gasteiger partial charge on any atom is -0.494 e. The van der Waals surface area contributed by atoms with Crippen molar-refractivity contribution < 1.29 is 9.47 Å². The van der Waals surface area contributed by atoms with Crippen molar-refractivity contribution >= 4 is 8.80 Å². The molecule has 2 aromatic carbocycles. The highest BCUT2D eigenvalue weighted by Crippen LogP contribution is 2.25. The fourth-order valence-electron chi connectivity index (χ4n) is 3.86. The first-order valence-corrected chi connectivity index (χ1v) is 15.6. The topological polar surface area (TPSA) is 18.5 Å². The van der Waals surface area contributed by atoms with Gasteiger partial charge in [0.25, 0.3) is 0 Å². The fourth-order valence-corrected chi connectivity index (χ4v) is 4.82. The Morgan fingerprint density at radius 1 is 0.531 bits per heavy atom. The molecule has 0 saturated heterocycles. The molecule has 0 heterocycles. The van der Waals surface area contributed by atoms with E-state index in [1.807, 2.05) is 0 Å². The molecule has 0 saturated carbocycles. The molecule has 2 nitrogen and oxygen atoms in total. The SMILES string of the molecule is CCCCCCCCCCCOc1ccc(-c2ccc(OCCCC[Si](C)C)cc2)cc1. The summed E-state index contributed by atoms with van der Waals surface area (Å²) >= 11 is 0. The molecule has 0 aliphatic carbocycles. The average molecular weight is 454 g/mol. The Bertz CT molecular complexity index is 694. The molecule has 2 aromatic rings. The van der Waals surface area contributed by atoms with Crippen LogP contribution in [0, 0.1) is 0 Å². The highest BCUT2D eigenvalue weighted by atomic mass is 28.3. The van der Waals surface area contributed by atoms with E-state index in [-0.39, 0.29) is 8.80 Å². The largest absolute Gasteiger partial charge is 0.494 e. The molecule has 0 unspecified atom stereocenters. The standard InChI is InChI=1S/C29H45O2Si/c1-4-5-6-7-8-9-10-11-12-23-30-28-19-15-26(16-20-28)27-17-21-29(22-18-27)31-24-13-14-25-32(2)3/h15-22H,4-14,23-25H2,1-3H3. The zero-order chi connectivity index (χ0) is 22.9. The molecule has 0 bridgehead atoms. The predicted octanol–water partition coefficient (Wildman–Crippen LogP) is 9.18. The van der Waals surface area contributed by atoms with Crippen molar-refractivity contribution in [2.45, 2.75) is 96.7 Å². The molecule has 0 aromatic heterocycles. The molecule has 32 heavy (non-hydrogen) atoms. The molecule has 0 fully saturated rings. The summed E-state index contributed by atoms with van der Waals surface area (Å²) in [5, 5.41) is 0. The van der Waals surface area contributed by atoms with Gasteiger partial charge in [-0.15, -0.1) is 0 Å². The van der Waals surface area contributed by atoms with Gasteiger partial charge in [-0.05, 0) is 48.2 Å². The number of ether oxygens (including phenoxy) is 2. The number of hydrogen-bond donors (Lipinski definition) is 0. The first-order chi connectivity index (χ1) is 15.7. The molecule has 2 rings (SSSR count). The third-order valence-corrected chi connectivity index (χ3v) is 7.25. The summed E-state index contributed by atoms with van der Waals surface area (Å²) in [6, 6.07) is 18.3. The molecule has 3 heteroatoms. The molecule has 177 valence electrons. The van der Waals surface area contributed by atoms with Crippen LogP contribution in [0.25, 0.3) is 11.1 Å². The Kier molecular flexibility index (Phi) is 13.9. The van der Waals surface area contributed by atoms with Crippen molar-refractivity contribution in [2.75, 3.05) is 13.2 Å². The zero-order valence-electron chi connectivity index (χ0n) is 20.8. The zero-order valence-corrected chi connectivity index (χ0v) is 21.8. The van der Waals surface area contributed by atoms with Crippen LogP contribution in [-0.4, -0.2) is 22.0 Å². The van der Waals surface area contributed by atoms with Crippen LogP contribution in [0.2, 0.25) is 19.1 Å². The predicted molar refractivity (Wildman–Crippen MR) is 142 cm³/mol. The molecule has 0 N–H and O–H groups in total. The lowest BCUT2D eigenvalue weighted by Crippen LogP contribution is -2.02. The Balaban J connectivity index is 1.60. The van der Waals surface area contributed by atoms with Gasteiger partial charge in [0.2, 0.25) is 0 Å². The maximum Gasteiger partial charge on any atom is 0.119 e. The maximum absolute atomic E-state index is 5.94. The van der Waals surface area contributed by atoms with Crippen molar-refractivity contribution in [2.24, 2.45) is 0 Å². The maximum atomic E-state index is 5.94. The lowest BCUT2D eigenvalue weighted by atomic mass is 10.1. The van der Waals surface area contributed by atoms with Gasteiger partial charge in [0.15, 0.2) is 0 Å². The van der Waals surface area contributed by atoms with E-state index in [0.717, 1.165) is 37.6 Å². The number of benzene rings is 2. The fraction of sp³-hybridized carbons (Fsp3) is 0.586. The van der Waals surface area contributed by atoms with Crippen molar-refractivity contribution in [3.05, 3.63) is 48.5 Å². The Hall–Kier alpha value is -1.74. The van der Waals surface area contributed by atoms with E-state index in [1.54, 1.807) is 0 Å². The van der Waals surface area contributed by atoms with Crippen molar-refractivity contribution in [1.29, 1.82) is 0 Å². The van der Waals surface area contributed by atoms with Crippen LogP contribution >= 0.6 is 0 Å². The number of hydrogen-bond acceptors (Lipinski definition) is 2. The monoisotopic (exact) mass is 453 g/mol. The van der Waals surface area contributed by atoms with Gasteiger partial charge in [-0.25, -0.2) is 0 Å². The second-order valence-corrected chi connectivity index (χ2v) is 12.2. The summed E-state index contributed by atoms with van der Waals surface area (Å²) in [7, 11) is -0.0964. The Morgan fingerprint density at radius 3 is 1.38 bits per heavy atom. The van der Waals surface area contributed by atoms with Gasteiger partial charge in [0.05, 0.1) is 13.2 Å². The van der Waals surface area contributed by atoms with Gasteiger partial charge in [0.1, 0.15) is 11.5 Å². The quantitative estimate of drug-likeness (QED) is 0.165. The Labute approximate surface area is 199 Å². The van der Waals surface area contributed by atoms with E-state index in [2.05, 4.69) is 68.5 Å². The highest BCUT2D eigenvalue weighted by molar-refractivity contribution is 6.55.